The van der Waals surface area contributed by atoms with Crippen LogP contribution in [-0.4, -0.2) is 60.3 Å². The van der Waals surface area contributed by atoms with Crippen molar-refractivity contribution in [2.24, 2.45) is 5.92 Å². The molecule has 0 saturated carbocycles. The summed E-state index contributed by atoms with van der Waals surface area (Å²) in [6.07, 6.45) is 0.520. The Hall–Kier alpha value is -1.63. The zero-order valence-electron chi connectivity index (χ0n) is 10.8. The van der Waals surface area contributed by atoms with Crippen LogP contribution in [-0.2, 0) is 23.9 Å². The van der Waals surface area contributed by atoms with Crippen LogP contribution in [0, 0.1) is 5.92 Å². The van der Waals surface area contributed by atoms with Gasteiger partial charge in [0.25, 0.3) is 0 Å². The Balaban J connectivity index is 2.21. The van der Waals surface area contributed by atoms with E-state index in [1.165, 1.54) is 12.0 Å². The van der Waals surface area contributed by atoms with E-state index in [-0.39, 0.29) is 31.7 Å². The number of methoxy groups -OCH3 is 1. The molecule has 0 aromatic rings. The van der Waals surface area contributed by atoms with Gasteiger partial charge in [0, 0.05) is 39.0 Å². The zero-order chi connectivity index (χ0) is 14.0. The van der Waals surface area contributed by atoms with E-state index in [0.29, 0.717) is 13.2 Å². The third-order valence-electron chi connectivity index (χ3n) is 3.89. The van der Waals surface area contributed by atoms with Gasteiger partial charge in [-0.05, 0) is 0 Å². The van der Waals surface area contributed by atoms with Gasteiger partial charge in [-0.1, -0.05) is 0 Å². The standard InChI is InChI=1S/C12H17NO6/c1-18-10(15)8-6-9(14)13(7-8)12(11(16)17)2-4-19-5-3-12/h8H,2-7H2,1H3,(H,16,17). The number of esters is 1. The lowest BCUT2D eigenvalue weighted by Gasteiger charge is -2.40. The SMILES string of the molecule is COC(=O)C1CC(=O)N(C2(C(=O)O)CCOCC2)C1. The van der Waals surface area contributed by atoms with Crippen LogP contribution in [0.1, 0.15) is 19.3 Å². The van der Waals surface area contributed by atoms with Gasteiger partial charge in [0.2, 0.25) is 5.91 Å². The summed E-state index contributed by atoms with van der Waals surface area (Å²) in [4.78, 5) is 36.4. The van der Waals surface area contributed by atoms with E-state index in [2.05, 4.69) is 4.74 Å². The third-order valence-corrected chi connectivity index (χ3v) is 3.89. The van der Waals surface area contributed by atoms with Crippen molar-refractivity contribution in [3.8, 4) is 0 Å². The van der Waals surface area contributed by atoms with Crippen LogP contribution in [0.2, 0.25) is 0 Å². The molecule has 7 heteroatoms. The second-order valence-corrected chi connectivity index (χ2v) is 4.88. The fourth-order valence-corrected chi connectivity index (χ4v) is 2.75. The van der Waals surface area contributed by atoms with E-state index < -0.39 is 23.4 Å². The number of hydrogen-bond donors (Lipinski definition) is 1. The summed E-state index contributed by atoms with van der Waals surface area (Å²) >= 11 is 0. The molecular formula is C12H17NO6. The molecule has 2 aliphatic heterocycles. The minimum atomic E-state index is -1.24. The van der Waals surface area contributed by atoms with Crippen molar-refractivity contribution in [3.63, 3.8) is 0 Å². The lowest BCUT2D eigenvalue weighted by atomic mass is 9.88. The molecule has 1 unspecified atom stereocenters. The molecule has 106 valence electrons. The van der Waals surface area contributed by atoms with E-state index in [1.807, 2.05) is 0 Å². The van der Waals surface area contributed by atoms with Crippen molar-refractivity contribution < 1.29 is 29.0 Å². The predicted octanol–water partition coefficient (Wildman–Crippen LogP) is -0.358. The molecule has 2 rings (SSSR count). The predicted molar refractivity (Wildman–Crippen MR) is 62.3 cm³/mol. The van der Waals surface area contributed by atoms with Crippen LogP contribution in [0.5, 0.6) is 0 Å². The summed E-state index contributed by atoms with van der Waals surface area (Å²) in [6.45, 7) is 0.718. The van der Waals surface area contributed by atoms with Crippen LogP contribution >= 0.6 is 0 Å². The Labute approximate surface area is 110 Å². The van der Waals surface area contributed by atoms with Gasteiger partial charge >= 0.3 is 11.9 Å². The Bertz CT molecular complexity index is 401. The second-order valence-electron chi connectivity index (χ2n) is 4.88. The highest BCUT2D eigenvalue weighted by Gasteiger charge is 2.52. The van der Waals surface area contributed by atoms with Gasteiger partial charge in [-0.25, -0.2) is 4.79 Å². The topological polar surface area (TPSA) is 93.1 Å². The molecule has 19 heavy (non-hydrogen) atoms. The van der Waals surface area contributed by atoms with Crippen LogP contribution < -0.4 is 0 Å². The van der Waals surface area contributed by atoms with Gasteiger partial charge in [-0.2, -0.15) is 0 Å². The van der Waals surface area contributed by atoms with Gasteiger partial charge in [0.15, 0.2) is 0 Å². The molecule has 2 fully saturated rings. The third kappa shape index (κ3) is 2.30. The van der Waals surface area contributed by atoms with Gasteiger partial charge < -0.3 is 19.5 Å². The van der Waals surface area contributed by atoms with E-state index in [1.54, 1.807) is 0 Å². The maximum Gasteiger partial charge on any atom is 0.329 e. The van der Waals surface area contributed by atoms with E-state index >= 15 is 0 Å². The summed E-state index contributed by atoms with van der Waals surface area (Å²) in [5.74, 6) is -2.38. The first kappa shape index (κ1) is 13.8. The van der Waals surface area contributed by atoms with Crippen molar-refractivity contribution in [2.45, 2.75) is 24.8 Å². The molecular weight excluding hydrogens is 254 g/mol. The van der Waals surface area contributed by atoms with Gasteiger partial charge in [-0.15, -0.1) is 0 Å². The van der Waals surface area contributed by atoms with Crippen molar-refractivity contribution in [2.75, 3.05) is 26.9 Å². The highest BCUT2D eigenvalue weighted by atomic mass is 16.5. The number of aliphatic carboxylic acids is 1. The summed E-state index contributed by atoms with van der Waals surface area (Å²) in [5, 5.41) is 9.48. The zero-order valence-corrected chi connectivity index (χ0v) is 10.8. The van der Waals surface area contributed by atoms with Crippen molar-refractivity contribution in [1.82, 2.24) is 4.90 Å². The van der Waals surface area contributed by atoms with E-state index in [4.69, 9.17) is 4.74 Å². The Morgan fingerprint density at radius 3 is 2.58 bits per heavy atom. The minimum absolute atomic E-state index is 0.0164. The number of ether oxygens (including phenoxy) is 2. The highest BCUT2D eigenvalue weighted by Crippen LogP contribution is 2.34. The summed E-state index contributed by atoms with van der Waals surface area (Å²) in [7, 11) is 1.26. The van der Waals surface area contributed by atoms with E-state index in [0.717, 1.165) is 0 Å². The maximum atomic E-state index is 12.0. The van der Waals surface area contributed by atoms with Crippen LogP contribution in [0.4, 0.5) is 0 Å². The van der Waals surface area contributed by atoms with Gasteiger partial charge in [0.1, 0.15) is 5.54 Å². The number of amides is 1. The lowest BCUT2D eigenvalue weighted by Crippen LogP contribution is -2.58. The first-order valence-corrected chi connectivity index (χ1v) is 6.20. The number of carboxylic acids is 1. The maximum absolute atomic E-state index is 12.0. The molecule has 1 amide bonds. The Morgan fingerprint density at radius 2 is 2.05 bits per heavy atom. The number of carbonyl (C=O) groups excluding carboxylic acids is 2. The average molecular weight is 271 g/mol. The van der Waals surface area contributed by atoms with Crippen LogP contribution in [0.25, 0.3) is 0 Å². The molecule has 1 N–H and O–H groups in total. The van der Waals surface area contributed by atoms with Gasteiger partial charge in [0.05, 0.1) is 13.0 Å². The van der Waals surface area contributed by atoms with Crippen molar-refractivity contribution in [3.05, 3.63) is 0 Å². The number of rotatable bonds is 3. The smallest absolute Gasteiger partial charge is 0.329 e. The quantitative estimate of drug-likeness (QED) is 0.705. The fourth-order valence-electron chi connectivity index (χ4n) is 2.75. The molecule has 0 aliphatic carbocycles. The molecule has 0 aromatic heterocycles. The number of carbonyl (C=O) groups is 3. The molecule has 2 heterocycles. The van der Waals surface area contributed by atoms with Crippen LogP contribution in [0.15, 0.2) is 0 Å². The molecule has 0 bridgehead atoms. The number of hydrogen-bond acceptors (Lipinski definition) is 5. The summed E-state index contributed by atoms with van der Waals surface area (Å²) < 4.78 is 9.79. The largest absolute Gasteiger partial charge is 0.479 e. The molecule has 7 nitrogen and oxygen atoms in total. The number of likely N-dealkylation sites (tertiary alicyclic amines) is 1. The monoisotopic (exact) mass is 271 g/mol. The lowest BCUT2D eigenvalue weighted by molar-refractivity contribution is -0.164. The van der Waals surface area contributed by atoms with Crippen molar-refractivity contribution >= 4 is 17.8 Å². The van der Waals surface area contributed by atoms with Crippen LogP contribution in [0.3, 0.4) is 0 Å². The molecule has 0 radical (unpaired) electrons. The minimum Gasteiger partial charge on any atom is -0.479 e. The Morgan fingerprint density at radius 1 is 1.42 bits per heavy atom. The summed E-state index contributed by atoms with van der Waals surface area (Å²) in [5.41, 5.74) is -1.24. The molecule has 0 aromatic carbocycles. The van der Waals surface area contributed by atoms with Gasteiger partial charge in [-0.3, -0.25) is 9.59 Å². The number of carboxylic acid groups (broad SMARTS) is 1. The fraction of sp³-hybridized carbons (Fsp3) is 0.750. The molecule has 2 saturated heterocycles. The summed E-state index contributed by atoms with van der Waals surface area (Å²) in [6, 6.07) is 0. The Kier molecular flexibility index (Phi) is 3.75. The highest BCUT2D eigenvalue weighted by molar-refractivity contribution is 5.92. The first-order valence-electron chi connectivity index (χ1n) is 6.20. The van der Waals surface area contributed by atoms with E-state index in [9.17, 15) is 19.5 Å². The van der Waals surface area contributed by atoms with Crippen molar-refractivity contribution in [1.29, 1.82) is 0 Å². The normalized spacial score (nSPS) is 26.3. The second kappa shape index (κ2) is 5.16. The molecule has 0 spiro atoms. The first-order chi connectivity index (χ1) is 9.01. The molecule has 1 atom stereocenters. The average Bonchev–Trinajstić information content (AvgIpc) is 2.81. The number of nitrogens with zero attached hydrogens (tertiary/aromatic N) is 1. The molecule has 2 aliphatic rings.